The molecule has 0 aromatic carbocycles. The quantitative estimate of drug-likeness (QED) is 0.749. The zero-order valence-corrected chi connectivity index (χ0v) is 9.69. The van der Waals surface area contributed by atoms with Crippen LogP contribution in [0.1, 0.15) is 34.9 Å². The lowest BCUT2D eigenvalue weighted by atomic mass is 9.96. The van der Waals surface area contributed by atoms with Crippen LogP contribution < -0.4 is 5.32 Å². The number of aryl methyl sites for hydroxylation is 1. The molecule has 5 heteroatoms. The van der Waals surface area contributed by atoms with E-state index in [0.717, 1.165) is 31.6 Å². The monoisotopic (exact) mass is 223 g/mol. The summed E-state index contributed by atoms with van der Waals surface area (Å²) in [5, 5.41) is 7.72. The van der Waals surface area contributed by atoms with Gasteiger partial charge in [-0.05, 0) is 25.5 Å². The summed E-state index contributed by atoms with van der Waals surface area (Å²) >= 11 is 0. The van der Waals surface area contributed by atoms with Gasteiger partial charge in [0.25, 0.3) is 0 Å². The van der Waals surface area contributed by atoms with Crippen molar-refractivity contribution in [1.82, 2.24) is 15.1 Å². The van der Waals surface area contributed by atoms with Crippen LogP contribution in [0.3, 0.4) is 0 Å². The number of esters is 1. The Kier molecular flexibility index (Phi) is 3.24. The van der Waals surface area contributed by atoms with Gasteiger partial charge >= 0.3 is 5.97 Å². The molecular formula is C11H17N3O2. The molecule has 5 nitrogen and oxygen atoms in total. The van der Waals surface area contributed by atoms with Crippen molar-refractivity contribution in [3.63, 3.8) is 0 Å². The molecule has 2 heterocycles. The molecule has 0 radical (unpaired) electrons. The number of piperidine rings is 1. The third kappa shape index (κ3) is 2.09. The van der Waals surface area contributed by atoms with Gasteiger partial charge in [0.1, 0.15) is 5.69 Å². The zero-order valence-electron chi connectivity index (χ0n) is 9.69. The first-order chi connectivity index (χ1) is 7.72. The number of nitrogens with zero attached hydrogens (tertiary/aromatic N) is 2. The molecular weight excluding hydrogens is 206 g/mol. The van der Waals surface area contributed by atoms with Gasteiger partial charge in [-0.25, -0.2) is 4.79 Å². The SMILES string of the molecule is COC(=O)c1cc(C2CCCNC2)nn1C. The van der Waals surface area contributed by atoms with Gasteiger partial charge in [0.05, 0.1) is 12.8 Å². The van der Waals surface area contributed by atoms with E-state index in [4.69, 9.17) is 4.74 Å². The summed E-state index contributed by atoms with van der Waals surface area (Å²) in [4.78, 5) is 11.4. The molecule has 0 spiro atoms. The molecule has 1 aromatic heterocycles. The van der Waals surface area contributed by atoms with Crippen LogP contribution in [-0.4, -0.2) is 35.9 Å². The molecule has 0 bridgehead atoms. The van der Waals surface area contributed by atoms with Crippen LogP contribution in [-0.2, 0) is 11.8 Å². The van der Waals surface area contributed by atoms with Gasteiger partial charge in [0.2, 0.25) is 0 Å². The first kappa shape index (κ1) is 11.1. The Morgan fingerprint density at radius 2 is 2.50 bits per heavy atom. The number of aromatic nitrogens is 2. The topological polar surface area (TPSA) is 56.1 Å². The van der Waals surface area contributed by atoms with E-state index < -0.39 is 0 Å². The number of nitrogens with one attached hydrogen (secondary N) is 1. The van der Waals surface area contributed by atoms with Gasteiger partial charge in [-0.1, -0.05) is 0 Å². The van der Waals surface area contributed by atoms with E-state index in [2.05, 4.69) is 10.4 Å². The van der Waals surface area contributed by atoms with Crippen LogP contribution in [0.4, 0.5) is 0 Å². The van der Waals surface area contributed by atoms with Crippen LogP contribution in [0.15, 0.2) is 6.07 Å². The summed E-state index contributed by atoms with van der Waals surface area (Å²) in [6.45, 7) is 2.02. The number of carbonyl (C=O) groups excluding carboxylic acids is 1. The number of carbonyl (C=O) groups is 1. The third-order valence-corrected chi connectivity index (χ3v) is 3.01. The van der Waals surface area contributed by atoms with Crippen LogP contribution in [0.2, 0.25) is 0 Å². The Hall–Kier alpha value is -1.36. The predicted molar refractivity (Wildman–Crippen MR) is 59.4 cm³/mol. The van der Waals surface area contributed by atoms with Crippen LogP contribution >= 0.6 is 0 Å². The summed E-state index contributed by atoms with van der Waals surface area (Å²) in [5.74, 6) is 0.0865. The summed E-state index contributed by atoms with van der Waals surface area (Å²) in [7, 11) is 3.16. The summed E-state index contributed by atoms with van der Waals surface area (Å²) in [5.41, 5.74) is 1.50. The highest BCUT2D eigenvalue weighted by atomic mass is 16.5. The molecule has 1 aromatic rings. The smallest absolute Gasteiger partial charge is 0.356 e. The molecule has 88 valence electrons. The molecule has 1 fully saturated rings. The van der Waals surface area contributed by atoms with Gasteiger partial charge < -0.3 is 10.1 Å². The lowest BCUT2D eigenvalue weighted by Gasteiger charge is -2.20. The lowest BCUT2D eigenvalue weighted by Crippen LogP contribution is -2.28. The highest BCUT2D eigenvalue weighted by molar-refractivity contribution is 5.87. The Morgan fingerprint density at radius 3 is 3.12 bits per heavy atom. The van der Waals surface area contributed by atoms with E-state index in [9.17, 15) is 4.79 Å². The molecule has 0 aliphatic carbocycles. The Morgan fingerprint density at radius 1 is 1.69 bits per heavy atom. The van der Waals surface area contributed by atoms with Crippen molar-refractivity contribution in [3.8, 4) is 0 Å². The Balaban J connectivity index is 2.19. The van der Waals surface area contributed by atoms with Gasteiger partial charge in [-0.3, -0.25) is 4.68 Å². The molecule has 0 saturated carbocycles. The van der Waals surface area contributed by atoms with Crippen molar-refractivity contribution in [2.75, 3.05) is 20.2 Å². The fourth-order valence-electron chi connectivity index (χ4n) is 2.09. The van der Waals surface area contributed by atoms with E-state index in [1.165, 1.54) is 7.11 Å². The minimum absolute atomic E-state index is 0.329. The summed E-state index contributed by atoms with van der Waals surface area (Å²) < 4.78 is 6.30. The summed E-state index contributed by atoms with van der Waals surface area (Å²) in [6.07, 6.45) is 2.29. The van der Waals surface area contributed by atoms with Crippen LogP contribution in [0.5, 0.6) is 0 Å². The van der Waals surface area contributed by atoms with Gasteiger partial charge in [-0.15, -0.1) is 0 Å². The van der Waals surface area contributed by atoms with E-state index in [0.29, 0.717) is 11.6 Å². The van der Waals surface area contributed by atoms with Gasteiger partial charge in [0, 0.05) is 19.5 Å². The molecule has 1 aliphatic rings. The normalized spacial score (nSPS) is 20.8. The van der Waals surface area contributed by atoms with Crippen molar-refractivity contribution in [2.24, 2.45) is 7.05 Å². The Labute approximate surface area is 94.8 Å². The third-order valence-electron chi connectivity index (χ3n) is 3.01. The van der Waals surface area contributed by atoms with E-state index in [1.54, 1.807) is 11.7 Å². The standard InChI is InChI=1S/C11H17N3O2/c1-14-10(11(15)16-2)6-9(13-14)8-4-3-5-12-7-8/h6,8,12H,3-5,7H2,1-2H3. The maximum atomic E-state index is 11.4. The van der Waals surface area contributed by atoms with Crippen molar-refractivity contribution in [3.05, 3.63) is 17.5 Å². The highest BCUT2D eigenvalue weighted by Crippen LogP contribution is 2.22. The molecule has 1 aliphatic heterocycles. The summed E-state index contributed by atoms with van der Waals surface area (Å²) in [6, 6.07) is 1.84. The van der Waals surface area contributed by atoms with E-state index >= 15 is 0 Å². The molecule has 1 N–H and O–H groups in total. The van der Waals surface area contributed by atoms with Gasteiger partial charge in [-0.2, -0.15) is 5.10 Å². The van der Waals surface area contributed by atoms with Crippen molar-refractivity contribution < 1.29 is 9.53 Å². The number of rotatable bonds is 2. The van der Waals surface area contributed by atoms with Crippen molar-refractivity contribution in [2.45, 2.75) is 18.8 Å². The highest BCUT2D eigenvalue weighted by Gasteiger charge is 2.21. The van der Waals surface area contributed by atoms with Crippen molar-refractivity contribution >= 4 is 5.97 Å². The molecule has 1 unspecified atom stereocenters. The number of ether oxygens (including phenoxy) is 1. The second-order valence-electron chi connectivity index (χ2n) is 4.11. The minimum atomic E-state index is -0.329. The van der Waals surface area contributed by atoms with Crippen LogP contribution in [0.25, 0.3) is 0 Å². The second kappa shape index (κ2) is 4.65. The molecule has 2 rings (SSSR count). The molecule has 1 atom stereocenters. The van der Waals surface area contributed by atoms with Gasteiger partial charge in [0.15, 0.2) is 0 Å². The van der Waals surface area contributed by atoms with Crippen LogP contribution in [0, 0.1) is 0 Å². The van der Waals surface area contributed by atoms with E-state index in [1.807, 2.05) is 6.07 Å². The molecule has 0 amide bonds. The molecule has 1 saturated heterocycles. The maximum absolute atomic E-state index is 11.4. The Bertz CT molecular complexity index is 381. The average Bonchev–Trinajstić information content (AvgIpc) is 2.71. The fraction of sp³-hybridized carbons (Fsp3) is 0.636. The van der Waals surface area contributed by atoms with Crippen molar-refractivity contribution in [1.29, 1.82) is 0 Å². The maximum Gasteiger partial charge on any atom is 0.356 e. The number of methoxy groups -OCH3 is 1. The average molecular weight is 223 g/mol. The minimum Gasteiger partial charge on any atom is -0.464 e. The molecule has 16 heavy (non-hydrogen) atoms. The zero-order chi connectivity index (χ0) is 11.5. The second-order valence-corrected chi connectivity index (χ2v) is 4.11. The number of hydrogen-bond acceptors (Lipinski definition) is 4. The predicted octanol–water partition coefficient (Wildman–Crippen LogP) is 0.674. The first-order valence-electron chi connectivity index (χ1n) is 5.55. The number of hydrogen-bond donors (Lipinski definition) is 1. The van der Waals surface area contributed by atoms with E-state index in [-0.39, 0.29) is 5.97 Å². The largest absolute Gasteiger partial charge is 0.464 e. The first-order valence-corrected chi connectivity index (χ1v) is 5.55. The lowest BCUT2D eigenvalue weighted by molar-refractivity contribution is 0.0588. The fourth-order valence-corrected chi connectivity index (χ4v) is 2.09.